The summed E-state index contributed by atoms with van der Waals surface area (Å²) in [6, 6.07) is 5.47. The number of imidazole rings is 1. The predicted octanol–water partition coefficient (Wildman–Crippen LogP) is 3.37. The maximum absolute atomic E-state index is 12.7. The van der Waals surface area contributed by atoms with E-state index in [-0.39, 0.29) is 11.7 Å². The molecule has 3 heterocycles. The van der Waals surface area contributed by atoms with Crippen LogP contribution in [0.4, 0.5) is 13.2 Å². The summed E-state index contributed by atoms with van der Waals surface area (Å²) in [4.78, 5) is 37.8. The second-order valence-electron chi connectivity index (χ2n) is 9.02. The lowest BCUT2D eigenvalue weighted by molar-refractivity contribution is -0.137. The van der Waals surface area contributed by atoms with E-state index in [1.54, 1.807) is 6.08 Å². The van der Waals surface area contributed by atoms with Crippen molar-refractivity contribution in [2.45, 2.75) is 37.9 Å². The number of amides is 1. The first kappa shape index (κ1) is 25.0. The quantitative estimate of drug-likeness (QED) is 0.477. The minimum atomic E-state index is -4.35. The van der Waals surface area contributed by atoms with E-state index in [9.17, 15) is 22.8 Å². The Kier molecular flexibility index (Phi) is 7.90. The summed E-state index contributed by atoms with van der Waals surface area (Å²) < 4.78 is 38.1. The molecule has 2 aliphatic rings. The van der Waals surface area contributed by atoms with Crippen LogP contribution in [0.5, 0.6) is 0 Å². The number of hydrogen-bond acceptors (Lipinski definition) is 5. The Labute approximate surface area is 202 Å². The van der Waals surface area contributed by atoms with Gasteiger partial charge < -0.3 is 14.8 Å². The number of hydrogen-bond donors (Lipinski definition) is 1. The van der Waals surface area contributed by atoms with Gasteiger partial charge in [-0.1, -0.05) is 12.1 Å². The first-order valence-corrected chi connectivity index (χ1v) is 11.9. The molecule has 0 saturated carbocycles. The number of benzene rings is 1. The van der Waals surface area contributed by atoms with Gasteiger partial charge in [-0.05, 0) is 37.0 Å². The average Bonchev–Trinajstić information content (AvgIpc) is 3.41. The molecule has 2 aromatic rings. The van der Waals surface area contributed by atoms with Gasteiger partial charge in [-0.3, -0.25) is 14.5 Å². The van der Waals surface area contributed by atoms with Gasteiger partial charge >= 0.3 is 6.18 Å². The van der Waals surface area contributed by atoms with Gasteiger partial charge in [0.15, 0.2) is 0 Å². The maximum atomic E-state index is 12.7. The normalized spacial score (nSPS) is 18.4. The van der Waals surface area contributed by atoms with Crippen molar-refractivity contribution in [2.24, 2.45) is 0 Å². The number of rotatable bonds is 7. The molecule has 7 nitrogen and oxygen atoms in total. The molecule has 2 fully saturated rings. The lowest BCUT2D eigenvalue weighted by atomic mass is 10.0. The average molecular weight is 490 g/mol. The Morgan fingerprint density at radius 3 is 2.31 bits per heavy atom. The Bertz CT molecular complexity index is 1000. The largest absolute Gasteiger partial charge is 0.416 e. The third-order valence-electron chi connectivity index (χ3n) is 6.79. The summed E-state index contributed by atoms with van der Waals surface area (Å²) >= 11 is 0. The summed E-state index contributed by atoms with van der Waals surface area (Å²) in [6.07, 6.45) is 4.64. The van der Waals surface area contributed by atoms with Crippen molar-refractivity contribution < 1.29 is 22.8 Å². The molecule has 0 spiro atoms. The van der Waals surface area contributed by atoms with Crippen molar-refractivity contribution in [3.8, 4) is 0 Å². The first-order chi connectivity index (χ1) is 16.8. The number of carbonyl (C=O) groups excluding carboxylic acids is 2. The standard InChI is InChI=1S/C25H30F3N5O2/c26-25(27,28)20-4-1-19(2-5-20)3-6-24(35)33-11-7-21(8-12-33)32-15-13-31(14-16-32)10-9-23(34)22-17-29-18-30-22/h1-2,4-5,9-10,17-18,21H,3,6-8,11-16H2,(H,29,30)/b10-9+. The molecule has 1 aromatic heterocycles. The number of aromatic amines is 1. The fraction of sp³-hybridized carbons (Fsp3) is 0.480. The highest BCUT2D eigenvalue weighted by Gasteiger charge is 2.30. The molecule has 0 atom stereocenters. The number of nitrogens with one attached hydrogen (secondary N) is 1. The zero-order valence-electron chi connectivity index (χ0n) is 19.5. The molecule has 1 amide bonds. The van der Waals surface area contributed by atoms with Gasteiger partial charge in [-0.2, -0.15) is 13.2 Å². The van der Waals surface area contributed by atoms with Crippen molar-refractivity contribution in [1.82, 2.24) is 24.7 Å². The van der Waals surface area contributed by atoms with E-state index in [2.05, 4.69) is 19.8 Å². The Morgan fingerprint density at radius 1 is 1.03 bits per heavy atom. The van der Waals surface area contributed by atoms with E-state index < -0.39 is 11.7 Å². The van der Waals surface area contributed by atoms with Crippen LogP contribution in [-0.2, 0) is 17.4 Å². The van der Waals surface area contributed by atoms with Crippen LogP contribution in [0.3, 0.4) is 0 Å². The molecule has 0 bridgehead atoms. The smallest absolute Gasteiger partial charge is 0.375 e. The number of carbonyl (C=O) groups is 2. The highest BCUT2D eigenvalue weighted by molar-refractivity contribution is 6.02. The third kappa shape index (κ3) is 6.72. The fourth-order valence-electron chi connectivity index (χ4n) is 4.66. The lowest BCUT2D eigenvalue weighted by Gasteiger charge is -2.42. The van der Waals surface area contributed by atoms with E-state index in [1.165, 1.54) is 24.7 Å². The molecule has 0 aliphatic carbocycles. The number of ketones is 1. The Morgan fingerprint density at radius 2 is 1.71 bits per heavy atom. The first-order valence-electron chi connectivity index (χ1n) is 11.9. The van der Waals surface area contributed by atoms with Gasteiger partial charge in [0.2, 0.25) is 11.7 Å². The van der Waals surface area contributed by atoms with Crippen molar-refractivity contribution >= 4 is 11.7 Å². The SMILES string of the molecule is O=C(/C=C/N1CCN(C2CCN(C(=O)CCc3ccc(C(F)(F)F)cc3)CC2)CC1)c1cnc[nH]1. The molecule has 0 radical (unpaired) electrons. The molecular weight excluding hydrogens is 459 g/mol. The van der Waals surface area contributed by atoms with Crippen LogP contribution in [0.25, 0.3) is 0 Å². The van der Waals surface area contributed by atoms with Crippen molar-refractivity contribution in [1.29, 1.82) is 0 Å². The number of allylic oxidation sites excluding steroid dienone is 1. The van der Waals surface area contributed by atoms with Crippen molar-refractivity contribution in [3.63, 3.8) is 0 Å². The molecule has 4 rings (SSSR count). The molecule has 10 heteroatoms. The van der Waals surface area contributed by atoms with E-state index in [4.69, 9.17) is 0 Å². The maximum Gasteiger partial charge on any atom is 0.416 e. The number of H-pyrrole nitrogens is 1. The van der Waals surface area contributed by atoms with Crippen molar-refractivity contribution in [3.05, 3.63) is 65.9 Å². The van der Waals surface area contributed by atoms with Crippen LogP contribution < -0.4 is 0 Å². The summed E-state index contributed by atoms with van der Waals surface area (Å²) in [5.41, 5.74) is 0.536. The zero-order chi connectivity index (χ0) is 24.8. The number of halogens is 3. The summed E-state index contributed by atoms with van der Waals surface area (Å²) in [7, 11) is 0. The minimum absolute atomic E-state index is 0.0558. The molecule has 188 valence electrons. The number of nitrogens with zero attached hydrogens (tertiary/aromatic N) is 4. The number of piperazine rings is 1. The molecule has 1 N–H and O–H groups in total. The molecular formula is C25H30F3N5O2. The van der Waals surface area contributed by atoms with Crippen LogP contribution >= 0.6 is 0 Å². The number of aryl methyl sites for hydroxylation is 1. The van der Waals surface area contributed by atoms with E-state index in [1.807, 2.05) is 11.1 Å². The van der Waals surface area contributed by atoms with E-state index >= 15 is 0 Å². The van der Waals surface area contributed by atoms with Gasteiger partial charge in [-0.25, -0.2) is 4.98 Å². The molecule has 2 aliphatic heterocycles. The molecule has 35 heavy (non-hydrogen) atoms. The van der Waals surface area contributed by atoms with E-state index in [0.717, 1.165) is 56.7 Å². The van der Waals surface area contributed by atoms with E-state index in [0.29, 0.717) is 37.7 Å². The van der Waals surface area contributed by atoms with Gasteiger partial charge in [-0.15, -0.1) is 0 Å². The number of likely N-dealkylation sites (tertiary alicyclic amines) is 1. The molecule has 1 aromatic carbocycles. The highest BCUT2D eigenvalue weighted by Crippen LogP contribution is 2.29. The monoisotopic (exact) mass is 489 g/mol. The summed E-state index contributed by atoms with van der Waals surface area (Å²) in [6.45, 7) is 4.92. The van der Waals surface area contributed by atoms with Crippen LogP contribution in [0.15, 0.2) is 49.1 Å². The number of piperidine rings is 1. The van der Waals surface area contributed by atoms with Crippen LogP contribution in [0.2, 0.25) is 0 Å². The second kappa shape index (κ2) is 11.1. The number of aromatic nitrogens is 2. The van der Waals surface area contributed by atoms with Gasteiger partial charge in [0, 0.05) is 64.0 Å². The Hall–Kier alpha value is -3.14. The molecule has 0 unspecified atom stereocenters. The van der Waals surface area contributed by atoms with Gasteiger partial charge in [0.1, 0.15) is 5.69 Å². The van der Waals surface area contributed by atoms with Gasteiger partial charge in [0.25, 0.3) is 0 Å². The van der Waals surface area contributed by atoms with Crippen LogP contribution in [0, 0.1) is 0 Å². The minimum Gasteiger partial charge on any atom is -0.375 e. The summed E-state index contributed by atoms with van der Waals surface area (Å²) in [5, 5.41) is 0. The summed E-state index contributed by atoms with van der Waals surface area (Å²) in [5.74, 6) is -0.0412. The highest BCUT2D eigenvalue weighted by atomic mass is 19.4. The third-order valence-corrected chi connectivity index (χ3v) is 6.79. The van der Waals surface area contributed by atoms with Crippen molar-refractivity contribution in [2.75, 3.05) is 39.3 Å². The number of alkyl halides is 3. The lowest BCUT2D eigenvalue weighted by Crippen LogP contribution is -2.52. The topological polar surface area (TPSA) is 72.5 Å². The van der Waals surface area contributed by atoms with Crippen LogP contribution in [0.1, 0.15) is 40.9 Å². The van der Waals surface area contributed by atoms with Gasteiger partial charge in [0.05, 0.1) is 18.1 Å². The second-order valence-corrected chi connectivity index (χ2v) is 9.02. The predicted molar refractivity (Wildman–Crippen MR) is 125 cm³/mol. The Balaban J connectivity index is 1.16. The molecule has 2 saturated heterocycles. The zero-order valence-corrected chi connectivity index (χ0v) is 19.5. The fourth-order valence-corrected chi connectivity index (χ4v) is 4.66. The van der Waals surface area contributed by atoms with Crippen LogP contribution in [-0.4, -0.2) is 81.7 Å².